The minimum atomic E-state index is -1.06. The highest BCUT2D eigenvalue weighted by molar-refractivity contribution is 6.64. The van der Waals surface area contributed by atoms with Gasteiger partial charge in [-0.15, -0.1) is 0 Å². The highest BCUT2D eigenvalue weighted by Crippen LogP contribution is 2.65. The fourth-order valence-corrected chi connectivity index (χ4v) is 6.85. The maximum atomic E-state index is 13.5. The summed E-state index contributed by atoms with van der Waals surface area (Å²) in [5, 5.41) is 5.25. The van der Waals surface area contributed by atoms with E-state index >= 15 is 0 Å². The summed E-state index contributed by atoms with van der Waals surface area (Å²) in [6.07, 6.45) is 1.65. The molecule has 0 aromatic carbocycles. The van der Waals surface area contributed by atoms with E-state index in [1.165, 1.54) is 0 Å². The lowest BCUT2D eigenvalue weighted by Crippen LogP contribution is -2.57. The van der Waals surface area contributed by atoms with Crippen molar-refractivity contribution in [3.63, 3.8) is 0 Å². The molecule has 11 heteroatoms. The van der Waals surface area contributed by atoms with Crippen LogP contribution < -0.4 is 22.1 Å². The van der Waals surface area contributed by atoms with Crippen molar-refractivity contribution in [1.82, 2.24) is 15.5 Å². The van der Waals surface area contributed by atoms with Gasteiger partial charge in [-0.05, 0) is 66.4 Å². The average molecular weight is 524 g/mol. The molecule has 9 atom stereocenters. The molecule has 0 aromatic rings. The number of rotatable bonds is 10. The van der Waals surface area contributed by atoms with Crippen molar-refractivity contribution in [3.8, 4) is 0 Å². The molecule has 0 aromatic heterocycles. The first-order valence-electron chi connectivity index (χ1n) is 12.9. The van der Waals surface area contributed by atoms with E-state index in [0.717, 1.165) is 0 Å². The van der Waals surface area contributed by atoms with Crippen molar-refractivity contribution in [2.24, 2.45) is 52.4 Å². The Hall–Kier alpha value is -2.20. The number of likely N-dealkylation sites (tertiary alicyclic amines) is 1. The Balaban J connectivity index is 1.42. The summed E-state index contributed by atoms with van der Waals surface area (Å²) in [7, 11) is 0. The van der Waals surface area contributed by atoms with Crippen LogP contribution in [0.3, 0.4) is 0 Å². The van der Waals surface area contributed by atoms with E-state index < -0.39 is 41.1 Å². The molecule has 2 saturated heterocycles. The Morgan fingerprint density at radius 1 is 1.22 bits per heavy atom. The number of amides is 4. The van der Waals surface area contributed by atoms with E-state index in [2.05, 4.69) is 24.5 Å². The molecular weight excluding hydrogens is 486 g/mol. The molecule has 6 N–H and O–H groups in total. The van der Waals surface area contributed by atoms with Gasteiger partial charge in [0.2, 0.25) is 28.9 Å². The summed E-state index contributed by atoms with van der Waals surface area (Å²) in [5.41, 5.74) is 11.7. The van der Waals surface area contributed by atoms with Crippen molar-refractivity contribution in [1.29, 1.82) is 0 Å². The molecule has 4 amide bonds. The number of carbonyl (C=O) groups excluding carboxylic acids is 5. The Bertz CT molecular complexity index is 970. The van der Waals surface area contributed by atoms with Crippen molar-refractivity contribution >= 4 is 40.5 Å². The summed E-state index contributed by atoms with van der Waals surface area (Å²) in [5.74, 6) is -2.02. The molecule has 2 saturated carbocycles. The number of fused-ring (bicyclic) bond motifs is 1. The number of hydrogen-bond acceptors (Lipinski definition) is 6. The number of nitrogens with two attached hydrogens (primary N) is 2. The number of nitrogens with zero attached hydrogens (tertiary/aromatic N) is 1. The summed E-state index contributed by atoms with van der Waals surface area (Å²) >= 11 is 5.58. The van der Waals surface area contributed by atoms with Gasteiger partial charge in [-0.3, -0.25) is 24.0 Å². The van der Waals surface area contributed by atoms with Crippen LogP contribution in [-0.4, -0.2) is 64.5 Å². The zero-order valence-corrected chi connectivity index (χ0v) is 22.1. The van der Waals surface area contributed by atoms with Crippen molar-refractivity contribution in [3.05, 3.63) is 0 Å². The van der Waals surface area contributed by atoms with E-state index in [1.54, 1.807) is 4.90 Å². The highest BCUT2D eigenvalue weighted by atomic mass is 35.5. The molecule has 4 aliphatic rings. The highest BCUT2D eigenvalue weighted by Gasteiger charge is 2.69. The Kier molecular flexibility index (Phi) is 7.16. The van der Waals surface area contributed by atoms with Crippen LogP contribution in [0.25, 0.3) is 0 Å². The first kappa shape index (κ1) is 26.9. The number of piperidine rings is 1. The fourth-order valence-electron chi connectivity index (χ4n) is 6.60. The maximum Gasteiger partial charge on any atom is 0.243 e. The monoisotopic (exact) mass is 523 g/mol. The van der Waals surface area contributed by atoms with Crippen molar-refractivity contribution in [2.75, 3.05) is 6.54 Å². The van der Waals surface area contributed by atoms with Gasteiger partial charge in [0.15, 0.2) is 0 Å². The van der Waals surface area contributed by atoms with Gasteiger partial charge in [-0.1, -0.05) is 27.7 Å². The average Bonchev–Trinajstić information content (AvgIpc) is 3.54. The predicted octanol–water partition coefficient (Wildman–Crippen LogP) is 0.109. The van der Waals surface area contributed by atoms with Crippen LogP contribution in [0.2, 0.25) is 0 Å². The summed E-state index contributed by atoms with van der Waals surface area (Å²) in [4.78, 5) is 64.5. The molecule has 4 fully saturated rings. The number of primary amides is 1. The SMILES string of the molecule is CC(C)C[C@H](N)C(=O)N1C[C@H]2[C@@H]([C@H]1C(=O)N[C@@H](C[C@@H]1CC(C3CC3C(=O)Cl)NC1=O)C(N)=O)C2(C)C. The molecule has 3 unspecified atom stereocenters. The van der Waals surface area contributed by atoms with Gasteiger partial charge in [-0.2, -0.15) is 0 Å². The Morgan fingerprint density at radius 3 is 2.44 bits per heavy atom. The van der Waals surface area contributed by atoms with Crippen LogP contribution in [0, 0.1) is 40.9 Å². The minimum absolute atomic E-state index is 0.00714. The number of carbonyl (C=O) groups is 5. The molecule has 0 radical (unpaired) electrons. The summed E-state index contributed by atoms with van der Waals surface area (Å²) < 4.78 is 0. The fraction of sp³-hybridized carbons (Fsp3) is 0.800. The van der Waals surface area contributed by atoms with Crippen LogP contribution in [0.1, 0.15) is 53.4 Å². The summed E-state index contributed by atoms with van der Waals surface area (Å²) in [6.45, 7) is 8.57. The molecule has 2 aliphatic heterocycles. The van der Waals surface area contributed by atoms with Crippen molar-refractivity contribution in [2.45, 2.75) is 77.5 Å². The lowest BCUT2D eigenvalue weighted by molar-refractivity contribution is -0.142. The topological polar surface area (TPSA) is 165 Å². The van der Waals surface area contributed by atoms with Gasteiger partial charge in [0.1, 0.15) is 12.1 Å². The lowest BCUT2D eigenvalue weighted by Gasteiger charge is -2.33. The van der Waals surface area contributed by atoms with E-state index in [9.17, 15) is 24.0 Å². The van der Waals surface area contributed by atoms with Gasteiger partial charge in [-0.25, -0.2) is 0 Å². The first-order chi connectivity index (χ1) is 16.7. The summed E-state index contributed by atoms with van der Waals surface area (Å²) in [6, 6.07) is -2.67. The van der Waals surface area contributed by atoms with Gasteiger partial charge in [0.25, 0.3) is 0 Å². The zero-order chi connectivity index (χ0) is 26.7. The normalized spacial score (nSPS) is 35.6. The van der Waals surface area contributed by atoms with Crippen molar-refractivity contribution < 1.29 is 24.0 Å². The van der Waals surface area contributed by atoms with E-state index in [-0.39, 0.29) is 59.3 Å². The molecule has 10 nitrogen and oxygen atoms in total. The van der Waals surface area contributed by atoms with Crippen LogP contribution in [0.15, 0.2) is 0 Å². The van der Waals surface area contributed by atoms with E-state index in [0.29, 0.717) is 25.8 Å². The second-order valence-corrected chi connectivity index (χ2v) is 12.6. The number of hydrogen-bond donors (Lipinski definition) is 4. The molecule has 0 spiro atoms. The van der Waals surface area contributed by atoms with Crippen LogP contribution in [0.4, 0.5) is 0 Å². The lowest BCUT2D eigenvalue weighted by atomic mass is 9.93. The second kappa shape index (κ2) is 9.59. The molecule has 0 bridgehead atoms. The Labute approximate surface area is 216 Å². The van der Waals surface area contributed by atoms with Crippen LogP contribution >= 0.6 is 11.6 Å². The molecule has 4 rings (SSSR count). The standard InChI is InChI=1S/C25H38ClN5O5/c1-10(2)5-15(27)24(36)31-9-14-18(25(14,3)4)19(31)23(35)30-17(21(28)33)7-11-6-16(29-22(11)34)12-8-13(12)20(26)32/h10-19H,5-9,27H2,1-4H3,(H2,28,33)(H,29,34)(H,30,35)/t11-,12?,13?,14-,15-,16?,17-,18-,19-/m0/s1. The predicted molar refractivity (Wildman–Crippen MR) is 132 cm³/mol. The Morgan fingerprint density at radius 2 is 1.89 bits per heavy atom. The minimum Gasteiger partial charge on any atom is -0.368 e. The van der Waals surface area contributed by atoms with E-state index in [4.69, 9.17) is 23.1 Å². The van der Waals surface area contributed by atoms with Gasteiger partial charge in [0, 0.05) is 24.4 Å². The maximum absolute atomic E-state index is 13.5. The van der Waals surface area contributed by atoms with E-state index in [1.807, 2.05) is 13.8 Å². The molecular formula is C25H38ClN5O5. The third-order valence-corrected chi connectivity index (χ3v) is 9.15. The third kappa shape index (κ3) is 4.98. The van der Waals surface area contributed by atoms with Gasteiger partial charge >= 0.3 is 0 Å². The largest absolute Gasteiger partial charge is 0.368 e. The molecule has 2 aliphatic carbocycles. The van der Waals surface area contributed by atoms with Gasteiger partial charge in [0.05, 0.1) is 6.04 Å². The second-order valence-electron chi connectivity index (χ2n) is 12.2. The van der Waals surface area contributed by atoms with Gasteiger partial charge < -0.3 is 27.0 Å². The number of halogens is 1. The third-order valence-electron chi connectivity index (χ3n) is 8.87. The van der Waals surface area contributed by atoms with Crippen LogP contribution in [0.5, 0.6) is 0 Å². The first-order valence-corrected chi connectivity index (χ1v) is 13.3. The quantitative estimate of drug-likeness (QED) is 0.297. The molecule has 2 heterocycles. The molecule has 36 heavy (non-hydrogen) atoms. The zero-order valence-electron chi connectivity index (χ0n) is 21.3. The molecule has 200 valence electrons. The number of nitrogens with one attached hydrogen (secondary N) is 2. The smallest absolute Gasteiger partial charge is 0.243 e. The van der Waals surface area contributed by atoms with Crippen LogP contribution in [-0.2, 0) is 24.0 Å².